The van der Waals surface area contributed by atoms with Gasteiger partial charge in [0.2, 0.25) is 0 Å². The highest BCUT2D eigenvalue weighted by atomic mass is 16.3. The van der Waals surface area contributed by atoms with Crippen molar-refractivity contribution in [1.29, 1.82) is 0 Å². The van der Waals surface area contributed by atoms with E-state index in [2.05, 4.69) is 11.4 Å². The third-order valence-electron chi connectivity index (χ3n) is 2.83. The highest BCUT2D eigenvalue weighted by molar-refractivity contribution is 5.61. The van der Waals surface area contributed by atoms with E-state index in [-0.39, 0.29) is 12.0 Å². The van der Waals surface area contributed by atoms with Crippen LogP contribution in [-0.4, -0.2) is 11.7 Å². The molecule has 1 aromatic carbocycles. The van der Waals surface area contributed by atoms with E-state index in [1.807, 2.05) is 26.0 Å². The molecule has 0 amide bonds. The molecule has 0 spiro atoms. The number of aliphatic hydroxyl groups is 1. The number of nitrogens with one attached hydrogen (secondary N) is 1. The highest BCUT2D eigenvalue weighted by Gasteiger charge is 2.20. The van der Waals surface area contributed by atoms with Gasteiger partial charge in [0.05, 0.1) is 6.10 Å². The summed E-state index contributed by atoms with van der Waals surface area (Å²) in [6.07, 6.45) is 0.726. The lowest BCUT2D eigenvalue weighted by Gasteiger charge is -2.18. The van der Waals surface area contributed by atoms with Crippen LogP contribution >= 0.6 is 0 Å². The lowest BCUT2D eigenvalue weighted by Crippen LogP contribution is -2.08. The van der Waals surface area contributed by atoms with Gasteiger partial charge >= 0.3 is 0 Å². The maximum atomic E-state index is 10.0. The Labute approximate surface area is 85.0 Å². The summed E-state index contributed by atoms with van der Waals surface area (Å²) in [5, 5.41) is 13.4. The van der Waals surface area contributed by atoms with Gasteiger partial charge in [0.25, 0.3) is 0 Å². The monoisotopic (exact) mass is 191 g/mol. The van der Waals surface area contributed by atoms with Crippen LogP contribution in [0, 0.1) is 5.92 Å². The SMILES string of the molecule is CC(C)C(O)c1cccc2c1NCC2. The van der Waals surface area contributed by atoms with E-state index in [1.54, 1.807) is 0 Å². The van der Waals surface area contributed by atoms with Gasteiger partial charge in [-0.05, 0) is 17.9 Å². The van der Waals surface area contributed by atoms with Crippen molar-refractivity contribution in [3.63, 3.8) is 0 Å². The molecule has 0 aliphatic carbocycles. The summed E-state index contributed by atoms with van der Waals surface area (Å²) in [5.41, 5.74) is 3.55. The minimum atomic E-state index is -0.351. The molecule has 1 unspecified atom stereocenters. The van der Waals surface area contributed by atoms with Gasteiger partial charge < -0.3 is 10.4 Å². The molecule has 0 bridgehead atoms. The van der Waals surface area contributed by atoms with Crippen LogP contribution < -0.4 is 5.32 Å². The van der Waals surface area contributed by atoms with Crippen molar-refractivity contribution in [2.75, 3.05) is 11.9 Å². The van der Waals surface area contributed by atoms with Gasteiger partial charge in [-0.15, -0.1) is 0 Å². The van der Waals surface area contributed by atoms with Crippen LogP contribution in [0.1, 0.15) is 31.1 Å². The molecule has 2 heteroatoms. The van der Waals surface area contributed by atoms with Crippen molar-refractivity contribution in [2.24, 2.45) is 5.92 Å². The van der Waals surface area contributed by atoms with Crippen molar-refractivity contribution in [1.82, 2.24) is 0 Å². The molecule has 1 heterocycles. The Morgan fingerprint density at radius 2 is 2.14 bits per heavy atom. The van der Waals surface area contributed by atoms with E-state index in [9.17, 15) is 5.11 Å². The van der Waals surface area contributed by atoms with E-state index in [0.717, 1.165) is 24.2 Å². The number of para-hydroxylation sites is 1. The van der Waals surface area contributed by atoms with E-state index >= 15 is 0 Å². The normalized spacial score (nSPS) is 16.6. The van der Waals surface area contributed by atoms with Gasteiger partial charge in [-0.2, -0.15) is 0 Å². The summed E-state index contributed by atoms with van der Waals surface area (Å²) < 4.78 is 0. The molecule has 1 aliphatic rings. The molecule has 0 fully saturated rings. The van der Waals surface area contributed by atoms with Crippen molar-refractivity contribution >= 4 is 5.69 Å². The number of fused-ring (bicyclic) bond motifs is 1. The first-order valence-corrected chi connectivity index (χ1v) is 5.24. The van der Waals surface area contributed by atoms with Crippen molar-refractivity contribution in [3.8, 4) is 0 Å². The maximum absolute atomic E-state index is 10.0. The molecule has 0 saturated carbocycles. The predicted molar refractivity (Wildman–Crippen MR) is 58.4 cm³/mol. The lowest BCUT2D eigenvalue weighted by atomic mass is 9.96. The third-order valence-corrected chi connectivity index (χ3v) is 2.83. The van der Waals surface area contributed by atoms with Crippen LogP contribution in [0.25, 0.3) is 0 Å². The number of anilines is 1. The van der Waals surface area contributed by atoms with Gasteiger partial charge in [0.15, 0.2) is 0 Å². The maximum Gasteiger partial charge on any atom is 0.0832 e. The summed E-state index contributed by atoms with van der Waals surface area (Å²) in [5.74, 6) is 0.268. The van der Waals surface area contributed by atoms with Gasteiger partial charge in [-0.25, -0.2) is 0 Å². The average molecular weight is 191 g/mol. The minimum absolute atomic E-state index is 0.268. The van der Waals surface area contributed by atoms with Crippen LogP contribution in [0.5, 0.6) is 0 Å². The van der Waals surface area contributed by atoms with E-state index in [0.29, 0.717) is 0 Å². The lowest BCUT2D eigenvalue weighted by molar-refractivity contribution is 0.127. The Balaban J connectivity index is 2.39. The fourth-order valence-electron chi connectivity index (χ4n) is 1.97. The molecule has 76 valence electrons. The van der Waals surface area contributed by atoms with Gasteiger partial charge in [-0.1, -0.05) is 32.0 Å². The van der Waals surface area contributed by atoms with Gasteiger partial charge in [0.1, 0.15) is 0 Å². The number of hydrogen-bond donors (Lipinski definition) is 2. The fourth-order valence-corrected chi connectivity index (χ4v) is 1.97. The first-order chi connectivity index (χ1) is 6.70. The molecule has 2 rings (SSSR count). The number of benzene rings is 1. The molecule has 0 radical (unpaired) electrons. The molecule has 1 atom stereocenters. The van der Waals surface area contributed by atoms with Crippen LogP contribution in [0.15, 0.2) is 18.2 Å². The topological polar surface area (TPSA) is 32.3 Å². The largest absolute Gasteiger partial charge is 0.388 e. The minimum Gasteiger partial charge on any atom is -0.388 e. The second-order valence-electron chi connectivity index (χ2n) is 4.25. The zero-order chi connectivity index (χ0) is 10.1. The summed E-state index contributed by atoms with van der Waals surface area (Å²) >= 11 is 0. The van der Waals surface area contributed by atoms with Crippen LogP contribution in [0.4, 0.5) is 5.69 Å². The third kappa shape index (κ3) is 1.50. The first-order valence-electron chi connectivity index (χ1n) is 5.24. The van der Waals surface area contributed by atoms with E-state index in [4.69, 9.17) is 0 Å². The molecular weight excluding hydrogens is 174 g/mol. The van der Waals surface area contributed by atoms with E-state index < -0.39 is 0 Å². The van der Waals surface area contributed by atoms with E-state index in [1.165, 1.54) is 5.56 Å². The number of aliphatic hydroxyl groups excluding tert-OH is 1. The predicted octanol–water partition coefficient (Wildman–Crippen LogP) is 2.34. The van der Waals surface area contributed by atoms with Crippen LogP contribution in [0.3, 0.4) is 0 Å². The number of rotatable bonds is 2. The molecule has 14 heavy (non-hydrogen) atoms. The molecule has 0 saturated heterocycles. The van der Waals surface area contributed by atoms with Crippen molar-refractivity contribution < 1.29 is 5.11 Å². The Morgan fingerprint density at radius 1 is 1.36 bits per heavy atom. The second kappa shape index (κ2) is 3.62. The Hall–Kier alpha value is -1.02. The Bertz CT molecular complexity index is 333. The van der Waals surface area contributed by atoms with Gasteiger partial charge in [0, 0.05) is 17.8 Å². The summed E-state index contributed by atoms with van der Waals surface area (Å²) in [6.45, 7) is 5.08. The molecule has 2 nitrogen and oxygen atoms in total. The molecular formula is C12H17NO. The second-order valence-corrected chi connectivity index (χ2v) is 4.25. The quantitative estimate of drug-likeness (QED) is 0.752. The zero-order valence-electron chi connectivity index (χ0n) is 8.75. The first kappa shape index (κ1) is 9.53. The number of hydrogen-bond acceptors (Lipinski definition) is 2. The Kier molecular flexibility index (Phi) is 2.46. The summed E-state index contributed by atoms with van der Waals surface area (Å²) in [6, 6.07) is 6.18. The molecule has 2 N–H and O–H groups in total. The van der Waals surface area contributed by atoms with Crippen LogP contribution in [0.2, 0.25) is 0 Å². The van der Waals surface area contributed by atoms with Crippen molar-refractivity contribution in [2.45, 2.75) is 26.4 Å². The highest BCUT2D eigenvalue weighted by Crippen LogP contribution is 2.33. The molecule has 1 aliphatic heterocycles. The summed E-state index contributed by atoms with van der Waals surface area (Å²) in [4.78, 5) is 0. The fraction of sp³-hybridized carbons (Fsp3) is 0.500. The molecule has 0 aromatic heterocycles. The zero-order valence-corrected chi connectivity index (χ0v) is 8.75. The Morgan fingerprint density at radius 3 is 2.86 bits per heavy atom. The van der Waals surface area contributed by atoms with Crippen molar-refractivity contribution in [3.05, 3.63) is 29.3 Å². The average Bonchev–Trinajstić information content (AvgIpc) is 2.63. The summed E-state index contributed by atoms with van der Waals surface area (Å²) in [7, 11) is 0. The molecule has 1 aromatic rings. The standard InChI is InChI=1S/C12H17NO/c1-8(2)12(14)10-5-3-4-9-6-7-13-11(9)10/h3-5,8,12-14H,6-7H2,1-2H3. The smallest absolute Gasteiger partial charge is 0.0832 e. The van der Waals surface area contributed by atoms with Crippen LogP contribution in [-0.2, 0) is 6.42 Å². The van der Waals surface area contributed by atoms with Gasteiger partial charge in [-0.3, -0.25) is 0 Å².